The van der Waals surface area contributed by atoms with Crippen LogP contribution in [-0.4, -0.2) is 39.4 Å². The van der Waals surface area contributed by atoms with Crippen LogP contribution in [-0.2, 0) is 12.3 Å². The van der Waals surface area contributed by atoms with Crippen LogP contribution in [0.3, 0.4) is 0 Å². The Balaban J connectivity index is 1.73. The quantitative estimate of drug-likeness (QED) is 0.844. The van der Waals surface area contributed by atoms with Crippen LogP contribution in [0.2, 0.25) is 0 Å². The molecular formula is C18H23N3OS. The molecule has 5 heteroatoms. The summed E-state index contributed by atoms with van der Waals surface area (Å²) in [5, 5.41) is 4.36. The van der Waals surface area contributed by atoms with E-state index in [0.29, 0.717) is 0 Å². The highest BCUT2D eigenvalue weighted by Crippen LogP contribution is 2.22. The van der Waals surface area contributed by atoms with Gasteiger partial charge in [0.05, 0.1) is 18.8 Å². The third-order valence-corrected chi connectivity index (χ3v) is 4.91. The van der Waals surface area contributed by atoms with E-state index in [1.54, 1.807) is 11.8 Å². The summed E-state index contributed by atoms with van der Waals surface area (Å²) in [5.74, 6) is 1.09. The monoisotopic (exact) mass is 329 g/mol. The van der Waals surface area contributed by atoms with Crippen molar-refractivity contribution >= 4 is 17.7 Å². The Hall–Kier alpha value is -1.75. The van der Waals surface area contributed by atoms with Gasteiger partial charge in [-0.05, 0) is 49.3 Å². The lowest BCUT2D eigenvalue weighted by Gasteiger charge is -2.25. The van der Waals surface area contributed by atoms with Crippen LogP contribution in [0.5, 0.6) is 0 Å². The molecule has 1 aromatic carbocycles. The maximum atomic E-state index is 12.9. The summed E-state index contributed by atoms with van der Waals surface area (Å²) in [6.45, 7) is 3.67. The average molecular weight is 329 g/mol. The van der Waals surface area contributed by atoms with Crippen LogP contribution in [0.25, 0.3) is 0 Å². The van der Waals surface area contributed by atoms with Gasteiger partial charge in [0, 0.05) is 24.1 Å². The Labute approximate surface area is 141 Å². The van der Waals surface area contributed by atoms with Gasteiger partial charge in [0.15, 0.2) is 0 Å². The predicted octanol–water partition coefficient (Wildman–Crippen LogP) is 3.36. The second-order valence-corrected chi connectivity index (χ2v) is 7.03. The first-order chi connectivity index (χ1) is 11.2. The first-order valence-corrected chi connectivity index (χ1v) is 9.44. The first kappa shape index (κ1) is 16.1. The van der Waals surface area contributed by atoms with Crippen LogP contribution in [0.4, 0.5) is 0 Å². The molecule has 1 aliphatic heterocycles. The van der Waals surface area contributed by atoms with E-state index in [0.717, 1.165) is 42.8 Å². The van der Waals surface area contributed by atoms with Gasteiger partial charge in [-0.2, -0.15) is 16.9 Å². The van der Waals surface area contributed by atoms with Crippen molar-refractivity contribution in [3.05, 3.63) is 53.3 Å². The molecule has 1 amide bonds. The molecule has 0 N–H and O–H groups in total. The van der Waals surface area contributed by atoms with Crippen molar-refractivity contribution in [3.63, 3.8) is 0 Å². The third kappa shape index (κ3) is 3.78. The van der Waals surface area contributed by atoms with E-state index in [4.69, 9.17) is 0 Å². The van der Waals surface area contributed by atoms with Crippen molar-refractivity contribution in [1.82, 2.24) is 14.7 Å². The van der Waals surface area contributed by atoms with Crippen molar-refractivity contribution in [1.29, 1.82) is 0 Å². The Morgan fingerprint density at radius 1 is 1.43 bits per heavy atom. The van der Waals surface area contributed by atoms with E-state index in [-0.39, 0.29) is 11.9 Å². The fourth-order valence-electron chi connectivity index (χ4n) is 3.20. The maximum absolute atomic E-state index is 12.9. The van der Waals surface area contributed by atoms with Gasteiger partial charge in [-0.1, -0.05) is 12.1 Å². The number of aromatic nitrogens is 2. The van der Waals surface area contributed by atoms with Gasteiger partial charge in [-0.3, -0.25) is 9.48 Å². The lowest BCUT2D eigenvalue weighted by atomic mass is 10.1. The molecule has 1 saturated heterocycles. The van der Waals surface area contributed by atoms with Crippen LogP contribution in [0.15, 0.2) is 36.7 Å². The molecule has 1 atom stereocenters. The van der Waals surface area contributed by atoms with Crippen molar-refractivity contribution in [3.8, 4) is 0 Å². The van der Waals surface area contributed by atoms with Gasteiger partial charge in [0.25, 0.3) is 5.91 Å². The van der Waals surface area contributed by atoms with Crippen LogP contribution in [0, 0.1) is 6.92 Å². The average Bonchev–Trinajstić information content (AvgIpc) is 3.17. The van der Waals surface area contributed by atoms with Gasteiger partial charge in [0.2, 0.25) is 0 Å². The van der Waals surface area contributed by atoms with Crippen molar-refractivity contribution < 1.29 is 4.79 Å². The van der Waals surface area contributed by atoms with Crippen LogP contribution in [0.1, 0.15) is 34.3 Å². The molecule has 2 aromatic rings. The lowest BCUT2D eigenvalue weighted by Crippen LogP contribution is -2.38. The number of nitrogens with zero attached hydrogens (tertiary/aromatic N) is 3. The largest absolute Gasteiger partial charge is 0.334 e. The van der Waals surface area contributed by atoms with Gasteiger partial charge in [-0.25, -0.2) is 0 Å². The van der Waals surface area contributed by atoms with Crippen molar-refractivity contribution in [2.24, 2.45) is 0 Å². The Kier molecular flexibility index (Phi) is 5.06. The number of benzene rings is 1. The summed E-state index contributed by atoms with van der Waals surface area (Å²) in [7, 11) is 0. The van der Waals surface area contributed by atoms with E-state index < -0.39 is 0 Å². The standard InChI is InChI=1S/C18H23N3OS/c1-14-10-19-20(11-14)12-17-7-4-8-21(17)18(22)16-6-3-5-15(9-16)13-23-2/h3,5-6,9-11,17H,4,7-8,12-13H2,1-2H3/t17-/m0/s1. The molecule has 1 aliphatic rings. The summed E-state index contributed by atoms with van der Waals surface area (Å²) in [4.78, 5) is 14.9. The smallest absolute Gasteiger partial charge is 0.254 e. The zero-order valence-corrected chi connectivity index (χ0v) is 14.6. The van der Waals surface area contributed by atoms with E-state index >= 15 is 0 Å². The number of likely N-dealkylation sites (tertiary alicyclic amines) is 1. The normalized spacial score (nSPS) is 17.7. The predicted molar refractivity (Wildman–Crippen MR) is 94.7 cm³/mol. The number of thioether (sulfide) groups is 1. The molecule has 3 rings (SSSR count). The van der Waals surface area contributed by atoms with E-state index in [1.165, 1.54) is 5.56 Å². The molecule has 4 nitrogen and oxygen atoms in total. The zero-order chi connectivity index (χ0) is 16.2. The van der Waals surface area contributed by atoms with E-state index in [9.17, 15) is 4.79 Å². The topological polar surface area (TPSA) is 38.1 Å². The third-order valence-electron chi connectivity index (χ3n) is 4.28. The van der Waals surface area contributed by atoms with Gasteiger partial charge in [-0.15, -0.1) is 0 Å². The second kappa shape index (κ2) is 7.21. The molecular weight excluding hydrogens is 306 g/mol. The number of carbonyl (C=O) groups excluding carboxylic acids is 1. The highest BCUT2D eigenvalue weighted by Gasteiger charge is 2.29. The summed E-state index contributed by atoms with van der Waals surface area (Å²) in [6, 6.07) is 8.28. The molecule has 0 saturated carbocycles. The Morgan fingerprint density at radius 2 is 2.30 bits per heavy atom. The molecule has 2 heterocycles. The Bertz CT molecular complexity index is 682. The number of amides is 1. The molecule has 0 spiro atoms. The molecule has 0 bridgehead atoms. The number of aryl methyl sites for hydroxylation is 1. The summed E-state index contributed by atoms with van der Waals surface area (Å²) < 4.78 is 1.95. The van der Waals surface area contributed by atoms with Gasteiger partial charge < -0.3 is 4.90 Å². The number of hydrogen-bond acceptors (Lipinski definition) is 3. The molecule has 0 radical (unpaired) electrons. The molecule has 0 aliphatic carbocycles. The minimum Gasteiger partial charge on any atom is -0.334 e. The molecule has 1 aromatic heterocycles. The van der Waals surface area contributed by atoms with Crippen molar-refractivity contribution in [2.45, 2.75) is 38.1 Å². The van der Waals surface area contributed by atoms with Gasteiger partial charge >= 0.3 is 0 Å². The van der Waals surface area contributed by atoms with Crippen LogP contribution >= 0.6 is 11.8 Å². The first-order valence-electron chi connectivity index (χ1n) is 8.05. The highest BCUT2D eigenvalue weighted by molar-refractivity contribution is 7.97. The minimum atomic E-state index is 0.152. The number of hydrogen-bond donors (Lipinski definition) is 0. The van der Waals surface area contributed by atoms with Crippen molar-refractivity contribution in [2.75, 3.05) is 12.8 Å². The molecule has 23 heavy (non-hydrogen) atoms. The summed E-state index contributed by atoms with van der Waals surface area (Å²) >= 11 is 1.78. The fourth-order valence-corrected chi connectivity index (χ4v) is 3.72. The second-order valence-electron chi connectivity index (χ2n) is 6.17. The van der Waals surface area contributed by atoms with E-state index in [1.807, 2.05) is 47.1 Å². The minimum absolute atomic E-state index is 0.152. The SMILES string of the molecule is CSCc1cccc(C(=O)N2CCC[C@H]2Cn2cc(C)cn2)c1. The fraction of sp³-hybridized carbons (Fsp3) is 0.444. The summed E-state index contributed by atoms with van der Waals surface area (Å²) in [5.41, 5.74) is 3.17. The lowest BCUT2D eigenvalue weighted by molar-refractivity contribution is 0.0721. The van der Waals surface area contributed by atoms with Gasteiger partial charge in [0.1, 0.15) is 0 Å². The van der Waals surface area contributed by atoms with E-state index in [2.05, 4.69) is 17.4 Å². The van der Waals surface area contributed by atoms with Crippen LogP contribution < -0.4 is 0 Å². The maximum Gasteiger partial charge on any atom is 0.254 e. The Morgan fingerprint density at radius 3 is 3.04 bits per heavy atom. The number of carbonyl (C=O) groups is 1. The molecule has 122 valence electrons. The number of rotatable bonds is 5. The zero-order valence-electron chi connectivity index (χ0n) is 13.7. The molecule has 1 fully saturated rings. The highest BCUT2D eigenvalue weighted by atomic mass is 32.2. The molecule has 0 unspecified atom stereocenters. The summed E-state index contributed by atoms with van der Waals surface area (Å²) in [6.07, 6.45) is 8.11.